The summed E-state index contributed by atoms with van der Waals surface area (Å²) in [4.78, 5) is 31.2. The van der Waals surface area contributed by atoms with Crippen LogP contribution in [0.15, 0.2) is 48.5 Å². The number of ether oxygens (including phenoxy) is 1. The maximum Gasteiger partial charge on any atom is 0.251 e. The first-order chi connectivity index (χ1) is 16.2. The van der Waals surface area contributed by atoms with Crippen LogP contribution in [0.3, 0.4) is 0 Å². The molecule has 0 bridgehead atoms. The van der Waals surface area contributed by atoms with Gasteiger partial charge in [-0.1, -0.05) is 42.0 Å². The minimum absolute atomic E-state index is 0.0177. The average molecular weight is 467 g/mol. The lowest BCUT2D eigenvalue weighted by Gasteiger charge is -2.26. The highest BCUT2D eigenvalue weighted by Gasteiger charge is 2.13. The third kappa shape index (κ3) is 7.08. The molecule has 33 heavy (non-hydrogen) atoms. The molecule has 1 fully saturated rings. The van der Waals surface area contributed by atoms with Gasteiger partial charge in [-0.25, -0.2) is 4.98 Å². The quantitative estimate of drug-likeness (QED) is 0.440. The van der Waals surface area contributed by atoms with Crippen molar-refractivity contribution in [3.63, 3.8) is 0 Å². The first-order valence-electron chi connectivity index (χ1n) is 11.5. The third-order valence-electron chi connectivity index (χ3n) is 5.61. The Hall–Kier alpha value is -2.81. The number of nitrogens with zero attached hydrogens (tertiary/aromatic N) is 2. The summed E-state index contributed by atoms with van der Waals surface area (Å²) in [5.41, 5.74) is 2.83. The molecule has 0 saturated carbocycles. The van der Waals surface area contributed by atoms with E-state index in [-0.39, 0.29) is 11.8 Å². The Kier molecular flexibility index (Phi) is 8.41. The average Bonchev–Trinajstić information content (AvgIpc) is 3.23. The van der Waals surface area contributed by atoms with Gasteiger partial charge in [-0.2, -0.15) is 0 Å². The molecule has 0 spiro atoms. The lowest BCUT2D eigenvalue weighted by molar-refractivity contribution is -0.116. The number of unbranched alkanes of at least 4 members (excludes halogenated alkanes) is 2. The molecule has 1 saturated heterocycles. The smallest absolute Gasteiger partial charge is 0.251 e. The molecule has 2 N–H and O–H groups in total. The Morgan fingerprint density at radius 2 is 1.85 bits per heavy atom. The minimum atomic E-state index is -0.0581. The summed E-state index contributed by atoms with van der Waals surface area (Å²) in [5, 5.41) is 6.50. The highest BCUT2D eigenvalue weighted by molar-refractivity contribution is 7.22. The third-order valence-corrected chi connectivity index (χ3v) is 6.54. The minimum Gasteiger partial charge on any atom is -0.379 e. The van der Waals surface area contributed by atoms with E-state index in [1.165, 1.54) is 16.9 Å². The molecule has 4 rings (SSSR count). The van der Waals surface area contributed by atoms with Crippen LogP contribution in [0.1, 0.15) is 41.6 Å². The Morgan fingerprint density at radius 1 is 1.03 bits per heavy atom. The highest BCUT2D eigenvalue weighted by Crippen LogP contribution is 2.27. The fourth-order valence-corrected chi connectivity index (χ4v) is 4.75. The maximum absolute atomic E-state index is 12.3. The van der Waals surface area contributed by atoms with Gasteiger partial charge in [0.15, 0.2) is 5.13 Å². The van der Waals surface area contributed by atoms with Crippen molar-refractivity contribution in [3.05, 3.63) is 59.7 Å². The van der Waals surface area contributed by atoms with Crippen LogP contribution in [0.5, 0.6) is 0 Å². The van der Waals surface area contributed by atoms with Gasteiger partial charge in [-0.3, -0.25) is 14.5 Å². The number of nitrogens with one attached hydrogen (secondary N) is 2. The van der Waals surface area contributed by atoms with Gasteiger partial charge in [0.1, 0.15) is 0 Å². The van der Waals surface area contributed by atoms with Gasteiger partial charge >= 0.3 is 0 Å². The summed E-state index contributed by atoms with van der Waals surface area (Å²) in [6, 6.07) is 15.5. The fourth-order valence-electron chi connectivity index (χ4n) is 3.80. The van der Waals surface area contributed by atoms with E-state index in [0.717, 1.165) is 62.3 Å². The summed E-state index contributed by atoms with van der Waals surface area (Å²) in [5.74, 6) is -0.0757. The van der Waals surface area contributed by atoms with Gasteiger partial charge in [-0.15, -0.1) is 0 Å². The number of hydrogen-bond acceptors (Lipinski definition) is 6. The molecule has 7 nitrogen and oxygen atoms in total. The molecule has 8 heteroatoms. The molecule has 1 aliphatic rings. The predicted octanol–water partition coefficient (Wildman–Crippen LogP) is 4.06. The van der Waals surface area contributed by atoms with E-state index in [1.807, 2.05) is 24.3 Å². The molecule has 0 aliphatic carbocycles. The molecule has 0 radical (unpaired) electrons. The number of morpholine rings is 1. The van der Waals surface area contributed by atoms with Crippen molar-refractivity contribution in [2.75, 3.05) is 38.2 Å². The van der Waals surface area contributed by atoms with Crippen molar-refractivity contribution in [3.8, 4) is 0 Å². The number of thiazole rings is 1. The summed E-state index contributed by atoms with van der Waals surface area (Å²) in [6.45, 7) is 5.02. The van der Waals surface area contributed by atoms with E-state index in [0.29, 0.717) is 23.7 Å². The second-order valence-corrected chi connectivity index (χ2v) is 9.22. The number of carbonyl (C=O) groups excluding carboxylic acids is 2. The van der Waals surface area contributed by atoms with Crippen molar-refractivity contribution < 1.29 is 14.3 Å². The van der Waals surface area contributed by atoms with Gasteiger partial charge in [0.2, 0.25) is 5.91 Å². The molecule has 1 aliphatic heterocycles. The van der Waals surface area contributed by atoms with E-state index in [9.17, 15) is 9.59 Å². The fraction of sp³-hybridized carbons (Fsp3) is 0.400. The Bertz CT molecular complexity index is 1060. The SMILES string of the molecule is O=C(CCCCCNC(=O)c1ccccc1)Nc1nc2ccc(CN3CCOCC3)cc2s1. The zero-order valence-electron chi connectivity index (χ0n) is 18.7. The van der Waals surface area contributed by atoms with E-state index in [1.54, 1.807) is 12.1 Å². The largest absolute Gasteiger partial charge is 0.379 e. The molecule has 2 aromatic carbocycles. The first-order valence-corrected chi connectivity index (χ1v) is 12.3. The van der Waals surface area contributed by atoms with Gasteiger partial charge in [0, 0.05) is 38.2 Å². The zero-order chi connectivity index (χ0) is 22.9. The zero-order valence-corrected chi connectivity index (χ0v) is 19.5. The lowest BCUT2D eigenvalue weighted by Crippen LogP contribution is -2.35. The number of hydrogen-bond donors (Lipinski definition) is 2. The van der Waals surface area contributed by atoms with Crippen LogP contribution < -0.4 is 10.6 Å². The van der Waals surface area contributed by atoms with Crippen molar-refractivity contribution in [1.29, 1.82) is 0 Å². The standard InChI is InChI=1S/C25H30N4O3S/c30-23(9-5-2-6-12-26-24(31)20-7-3-1-4-8-20)28-25-27-21-11-10-19(17-22(21)33-25)18-29-13-15-32-16-14-29/h1,3-4,7-8,10-11,17H,2,5-6,9,12-16,18H2,(H,26,31)(H,27,28,30). The van der Waals surface area contributed by atoms with Crippen molar-refractivity contribution in [2.45, 2.75) is 32.2 Å². The molecule has 2 amide bonds. The van der Waals surface area contributed by atoms with Crippen LogP contribution in [0.25, 0.3) is 10.2 Å². The van der Waals surface area contributed by atoms with E-state index in [4.69, 9.17) is 4.74 Å². The molecule has 0 atom stereocenters. The number of aromatic nitrogens is 1. The van der Waals surface area contributed by atoms with Gasteiger partial charge in [0.05, 0.1) is 23.4 Å². The Balaban J connectivity index is 1.16. The van der Waals surface area contributed by atoms with Gasteiger partial charge in [0.25, 0.3) is 5.91 Å². The van der Waals surface area contributed by atoms with Crippen LogP contribution in [-0.2, 0) is 16.1 Å². The molecule has 3 aromatic rings. The second kappa shape index (κ2) is 11.9. The maximum atomic E-state index is 12.3. The monoisotopic (exact) mass is 466 g/mol. The van der Waals surface area contributed by atoms with E-state index < -0.39 is 0 Å². The number of anilines is 1. The van der Waals surface area contributed by atoms with Crippen LogP contribution in [0, 0.1) is 0 Å². The predicted molar refractivity (Wildman–Crippen MR) is 132 cm³/mol. The molecule has 1 aromatic heterocycles. The number of fused-ring (bicyclic) bond motifs is 1. The van der Waals surface area contributed by atoms with Crippen molar-refractivity contribution in [2.24, 2.45) is 0 Å². The van der Waals surface area contributed by atoms with Gasteiger partial charge < -0.3 is 15.4 Å². The molecular formula is C25H30N4O3S. The number of benzene rings is 2. The summed E-state index contributed by atoms with van der Waals surface area (Å²) < 4.78 is 6.50. The number of carbonyl (C=O) groups is 2. The highest BCUT2D eigenvalue weighted by atomic mass is 32.1. The number of amides is 2. The Labute approximate surface area is 198 Å². The van der Waals surface area contributed by atoms with E-state index >= 15 is 0 Å². The van der Waals surface area contributed by atoms with Crippen LogP contribution >= 0.6 is 11.3 Å². The molecule has 2 heterocycles. The summed E-state index contributed by atoms with van der Waals surface area (Å²) in [6.07, 6.45) is 2.96. The van der Waals surface area contributed by atoms with Crippen LogP contribution in [-0.4, -0.2) is 54.5 Å². The van der Waals surface area contributed by atoms with Crippen LogP contribution in [0.2, 0.25) is 0 Å². The summed E-state index contributed by atoms with van der Waals surface area (Å²) >= 11 is 1.52. The summed E-state index contributed by atoms with van der Waals surface area (Å²) in [7, 11) is 0. The normalized spacial score (nSPS) is 14.3. The second-order valence-electron chi connectivity index (χ2n) is 8.19. The van der Waals surface area contributed by atoms with Crippen molar-refractivity contribution in [1.82, 2.24) is 15.2 Å². The molecule has 0 unspecified atom stereocenters. The topological polar surface area (TPSA) is 83.6 Å². The van der Waals surface area contributed by atoms with Crippen LogP contribution in [0.4, 0.5) is 5.13 Å². The number of rotatable bonds is 10. The van der Waals surface area contributed by atoms with E-state index in [2.05, 4.69) is 32.7 Å². The van der Waals surface area contributed by atoms with Gasteiger partial charge in [-0.05, 0) is 42.7 Å². The van der Waals surface area contributed by atoms with Crippen molar-refractivity contribution >= 4 is 38.5 Å². The first kappa shape index (κ1) is 23.4. The Morgan fingerprint density at radius 3 is 2.67 bits per heavy atom. The molecular weight excluding hydrogens is 436 g/mol. The molecule has 174 valence electrons. The lowest BCUT2D eigenvalue weighted by atomic mass is 10.1.